The molecule has 0 radical (unpaired) electrons. The number of ether oxygens (including phenoxy) is 1. The molecule has 0 saturated heterocycles. The molecule has 0 aromatic rings. The van der Waals surface area contributed by atoms with E-state index in [9.17, 15) is 4.79 Å². The summed E-state index contributed by atoms with van der Waals surface area (Å²) >= 11 is 0. The molecule has 0 atom stereocenters. The Morgan fingerprint density at radius 3 is 1.61 bits per heavy atom. The van der Waals surface area contributed by atoms with Gasteiger partial charge in [-0.3, -0.25) is 4.79 Å². The lowest BCUT2D eigenvalue weighted by atomic mass is 10.0. The Kier molecular flexibility index (Phi) is 17.0. The van der Waals surface area contributed by atoms with Gasteiger partial charge in [0.25, 0.3) is 0 Å². The zero-order chi connectivity index (χ0) is 17.2. The molecule has 136 valence electrons. The van der Waals surface area contributed by atoms with Crippen LogP contribution in [-0.2, 0) is 9.53 Å². The van der Waals surface area contributed by atoms with Gasteiger partial charge in [-0.25, -0.2) is 0 Å². The van der Waals surface area contributed by atoms with Crippen molar-refractivity contribution in [2.24, 2.45) is 0 Å². The minimum atomic E-state index is -0.0458. The van der Waals surface area contributed by atoms with Crippen LogP contribution in [0.3, 0.4) is 0 Å². The highest BCUT2D eigenvalue weighted by atomic mass is 16.5. The van der Waals surface area contributed by atoms with Crippen LogP contribution in [0.5, 0.6) is 0 Å². The largest absolute Gasteiger partial charge is 0.466 e. The van der Waals surface area contributed by atoms with Crippen molar-refractivity contribution in [2.75, 3.05) is 6.61 Å². The number of carbonyl (C=O) groups is 1. The maximum Gasteiger partial charge on any atom is 0.305 e. The van der Waals surface area contributed by atoms with Crippen molar-refractivity contribution >= 4 is 5.97 Å². The Balaban J connectivity index is 3.23. The van der Waals surface area contributed by atoms with Gasteiger partial charge in [-0.1, -0.05) is 76.9 Å². The molecule has 0 amide bonds. The first kappa shape index (κ1) is 22.2. The molecule has 0 spiro atoms. The fourth-order valence-corrected chi connectivity index (χ4v) is 2.86. The van der Waals surface area contributed by atoms with Crippen molar-refractivity contribution in [2.45, 2.75) is 110 Å². The van der Waals surface area contributed by atoms with Crippen molar-refractivity contribution in [1.29, 1.82) is 0 Å². The van der Waals surface area contributed by atoms with Crippen LogP contribution in [0, 0.1) is 0 Å². The summed E-state index contributed by atoms with van der Waals surface area (Å²) in [4.78, 5) is 11.2. The van der Waals surface area contributed by atoms with E-state index in [1.165, 1.54) is 82.6 Å². The minimum absolute atomic E-state index is 0.0458. The van der Waals surface area contributed by atoms with Crippen molar-refractivity contribution < 1.29 is 9.53 Å². The molecule has 0 heterocycles. The van der Waals surface area contributed by atoms with Crippen LogP contribution in [0.4, 0.5) is 0 Å². The fraction of sp³-hybridized carbons (Fsp3) is 0.857. The number of unbranched alkanes of at least 4 members (excludes halogenated alkanes) is 10. The van der Waals surface area contributed by atoms with Crippen LogP contribution in [0.1, 0.15) is 110 Å². The van der Waals surface area contributed by atoms with Gasteiger partial charge in [-0.2, -0.15) is 0 Å². The maximum absolute atomic E-state index is 11.2. The van der Waals surface area contributed by atoms with Crippen molar-refractivity contribution in [1.82, 2.24) is 0 Å². The van der Waals surface area contributed by atoms with Crippen molar-refractivity contribution in [3.05, 3.63) is 12.2 Å². The zero-order valence-electron chi connectivity index (χ0n) is 15.8. The maximum atomic E-state index is 11.2. The van der Waals surface area contributed by atoms with Gasteiger partial charge in [-0.05, 0) is 39.0 Å². The summed E-state index contributed by atoms with van der Waals surface area (Å²) in [7, 11) is 0. The van der Waals surface area contributed by atoms with Crippen molar-refractivity contribution in [3.63, 3.8) is 0 Å². The standard InChI is InChI=1S/C21H40O2/c1-4-6-7-8-9-11-14-17-20(3)18-15-12-10-13-16-19-21(22)23-5-2/h3-19H2,1-2H3. The second kappa shape index (κ2) is 17.6. The van der Waals surface area contributed by atoms with Crippen LogP contribution in [0.25, 0.3) is 0 Å². The SMILES string of the molecule is C=C(CCCCCCCCC)CCCCCCCC(=O)OCC. The van der Waals surface area contributed by atoms with Crippen LogP contribution < -0.4 is 0 Å². The lowest BCUT2D eigenvalue weighted by Crippen LogP contribution is -2.03. The summed E-state index contributed by atoms with van der Waals surface area (Å²) in [5.74, 6) is -0.0458. The molecular weight excluding hydrogens is 284 g/mol. The molecule has 0 fully saturated rings. The van der Waals surface area contributed by atoms with Gasteiger partial charge in [0.1, 0.15) is 0 Å². The molecule has 0 aliphatic carbocycles. The summed E-state index contributed by atoms with van der Waals surface area (Å²) in [6, 6.07) is 0. The lowest BCUT2D eigenvalue weighted by molar-refractivity contribution is -0.143. The molecule has 0 aromatic heterocycles. The normalized spacial score (nSPS) is 10.7. The van der Waals surface area contributed by atoms with Gasteiger partial charge in [0.15, 0.2) is 0 Å². The molecule has 2 nitrogen and oxygen atoms in total. The predicted octanol–water partition coefficient (Wildman–Crippen LogP) is 6.98. The van der Waals surface area contributed by atoms with E-state index in [1.807, 2.05) is 6.92 Å². The third-order valence-electron chi connectivity index (χ3n) is 4.35. The lowest BCUT2D eigenvalue weighted by Gasteiger charge is -2.06. The third-order valence-corrected chi connectivity index (χ3v) is 4.35. The predicted molar refractivity (Wildman–Crippen MR) is 101 cm³/mol. The first-order valence-corrected chi connectivity index (χ1v) is 10.0. The van der Waals surface area contributed by atoms with Gasteiger partial charge >= 0.3 is 5.97 Å². The quantitative estimate of drug-likeness (QED) is 0.164. The average molecular weight is 325 g/mol. The zero-order valence-corrected chi connectivity index (χ0v) is 15.8. The summed E-state index contributed by atoms with van der Waals surface area (Å²) in [6.07, 6.45) is 18.5. The molecule has 0 rings (SSSR count). The van der Waals surface area contributed by atoms with Crippen LogP contribution >= 0.6 is 0 Å². The molecule has 2 heteroatoms. The Morgan fingerprint density at radius 1 is 0.696 bits per heavy atom. The summed E-state index contributed by atoms with van der Waals surface area (Å²) in [5.41, 5.74) is 1.44. The molecular formula is C21H40O2. The van der Waals surface area contributed by atoms with Gasteiger partial charge in [0.05, 0.1) is 6.61 Å². The Labute approximate surface area is 145 Å². The summed E-state index contributed by atoms with van der Waals surface area (Å²) < 4.78 is 4.92. The highest BCUT2D eigenvalue weighted by molar-refractivity contribution is 5.69. The van der Waals surface area contributed by atoms with E-state index in [4.69, 9.17) is 4.74 Å². The first-order chi connectivity index (χ1) is 11.2. The van der Waals surface area contributed by atoms with E-state index in [-0.39, 0.29) is 5.97 Å². The number of allylic oxidation sites excluding steroid dienone is 1. The molecule has 0 aromatic carbocycles. The summed E-state index contributed by atoms with van der Waals surface area (Å²) in [6.45, 7) is 8.84. The molecule has 0 unspecified atom stereocenters. The first-order valence-electron chi connectivity index (χ1n) is 10.0. The Hall–Kier alpha value is -0.790. The average Bonchev–Trinajstić information content (AvgIpc) is 2.53. The van der Waals surface area contributed by atoms with Crippen LogP contribution in [0.15, 0.2) is 12.2 Å². The second-order valence-corrected chi connectivity index (χ2v) is 6.69. The number of hydrogen-bond donors (Lipinski definition) is 0. The smallest absolute Gasteiger partial charge is 0.305 e. The monoisotopic (exact) mass is 324 g/mol. The highest BCUT2D eigenvalue weighted by Gasteiger charge is 2.01. The van der Waals surface area contributed by atoms with E-state index in [1.54, 1.807) is 0 Å². The van der Waals surface area contributed by atoms with E-state index < -0.39 is 0 Å². The van der Waals surface area contributed by atoms with Crippen LogP contribution in [-0.4, -0.2) is 12.6 Å². The molecule has 0 bridgehead atoms. The van der Waals surface area contributed by atoms with Gasteiger partial charge in [0, 0.05) is 6.42 Å². The van der Waals surface area contributed by atoms with Gasteiger partial charge < -0.3 is 4.74 Å². The summed E-state index contributed by atoms with van der Waals surface area (Å²) in [5, 5.41) is 0. The Bertz CT molecular complexity index is 284. The van der Waals surface area contributed by atoms with E-state index in [0.29, 0.717) is 13.0 Å². The molecule has 23 heavy (non-hydrogen) atoms. The van der Waals surface area contributed by atoms with E-state index in [2.05, 4.69) is 13.5 Å². The van der Waals surface area contributed by atoms with Gasteiger partial charge in [-0.15, -0.1) is 0 Å². The fourth-order valence-electron chi connectivity index (χ4n) is 2.86. The topological polar surface area (TPSA) is 26.3 Å². The second-order valence-electron chi connectivity index (χ2n) is 6.69. The number of esters is 1. The van der Waals surface area contributed by atoms with Gasteiger partial charge in [0.2, 0.25) is 0 Å². The molecule has 0 N–H and O–H groups in total. The number of carbonyl (C=O) groups excluding carboxylic acids is 1. The van der Waals surface area contributed by atoms with Crippen molar-refractivity contribution in [3.8, 4) is 0 Å². The van der Waals surface area contributed by atoms with E-state index in [0.717, 1.165) is 12.8 Å². The van der Waals surface area contributed by atoms with E-state index >= 15 is 0 Å². The van der Waals surface area contributed by atoms with Crippen LogP contribution in [0.2, 0.25) is 0 Å². The number of rotatable bonds is 17. The molecule has 0 aliphatic heterocycles. The molecule has 0 saturated carbocycles. The number of hydrogen-bond acceptors (Lipinski definition) is 2. The highest BCUT2D eigenvalue weighted by Crippen LogP contribution is 2.17. The Morgan fingerprint density at radius 2 is 1.13 bits per heavy atom. The minimum Gasteiger partial charge on any atom is -0.466 e. The molecule has 0 aliphatic rings. The third kappa shape index (κ3) is 17.4.